The van der Waals surface area contributed by atoms with Gasteiger partial charge in [-0.15, -0.1) is 0 Å². The number of nitrogens with one attached hydrogen (secondary N) is 1. The van der Waals surface area contributed by atoms with Gasteiger partial charge in [0.15, 0.2) is 5.76 Å². The average Bonchev–Trinajstić information content (AvgIpc) is 3.43. The van der Waals surface area contributed by atoms with Crippen LogP contribution < -0.4 is 5.32 Å². The minimum absolute atomic E-state index is 0.0414. The zero-order valence-corrected chi connectivity index (χ0v) is 18.8. The van der Waals surface area contributed by atoms with Crippen molar-refractivity contribution >= 4 is 27.5 Å². The van der Waals surface area contributed by atoms with E-state index in [2.05, 4.69) is 10.3 Å². The van der Waals surface area contributed by atoms with E-state index in [1.54, 1.807) is 24.3 Å². The largest absolute Gasteiger partial charge is 0.459 e. The fraction of sp³-hybridized carbons (Fsp3) is 0.364. The molecule has 1 amide bonds. The van der Waals surface area contributed by atoms with E-state index in [-0.39, 0.29) is 38.6 Å². The lowest BCUT2D eigenvalue weighted by Gasteiger charge is -2.22. The van der Waals surface area contributed by atoms with Crippen LogP contribution in [0, 0.1) is 6.92 Å². The molecular formula is C22H24N2O5S2. The van der Waals surface area contributed by atoms with E-state index >= 15 is 0 Å². The van der Waals surface area contributed by atoms with Gasteiger partial charge in [-0.1, -0.05) is 48.7 Å². The van der Waals surface area contributed by atoms with Crippen LogP contribution in [0.4, 0.5) is 0 Å². The highest BCUT2D eigenvalue weighted by atomic mass is 32.2. The lowest BCUT2D eigenvalue weighted by molar-refractivity contribution is -0.119. The molecule has 31 heavy (non-hydrogen) atoms. The molecule has 9 heteroatoms. The van der Waals surface area contributed by atoms with Gasteiger partial charge in [0, 0.05) is 6.04 Å². The Morgan fingerprint density at radius 3 is 2.58 bits per heavy atom. The third-order valence-corrected chi connectivity index (χ3v) is 7.94. The molecule has 0 bridgehead atoms. The van der Waals surface area contributed by atoms with Gasteiger partial charge >= 0.3 is 0 Å². The van der Waals surface area contributed by atoms with Crippen LogP contribution in [0.1, 0.15) is 37.7 Å². The van der Waals surface area contributed by atoms with E-state index in [9.17, 15) is 13.2 Å². The van der Waals surface area contributed by atoms with Crippen molar-refractivity contribution in [1.82, 2.24) is 10.3 Å². The number of amides is 1. The van der Waals surface area contributed by atoms with Gasteiger partial charge in [-0.3, -0.25) is 4.79 Å². The highest BCUT2D eigenvalue weighted by Gasteiger charge is 2.30. The predicted octanol–water partition coefficient (Wildman–Crippen LogP) is 4.62. The Hall–Kier alpha value is -2.52. The van der Waals surface area contributed by atoms with Crippen LogP contribution in [0.5, 0.6) is 0 Å². The molecule has 0 saturated heterocycles. The average molecular weight is 461 g/mol. The molecule has 4 rings (SSSR count). The summed E-state index contributed by atoms with van der Waals surface area (Å²) in [5.41, 5.74) is 0.948. The molecule has 1 aromatic carbocycles. The standard InChI is InChI=1S/C22H24N2O5S2/c1-15-9-11-17(12-10-15)31(26,27)21-22(29-20(24-21)18-8-5-13-28-18)30-14-19(25)23-16-6-3-2-4-7-16/h5,8-13,16H,2-4,6-7,14H2,1H3,(H,23,25). The Bertz CT molecular complexity index is 1130. The quantitative estimate of drug-likeness (QED) is 0.513. The Labute approximate surface area is 185 Å². The topological polar surface area (TPSA) is 102 Å². The molecule has 2 aromatic heterocycles. The van der Waals surface area contributed by atoms with Crippen molar-refractivity contribution in [2.75, 3.05) is 5.75 Å². The zero-order chi connectivity index (χ0) is 21.8. The summed E-state index contributed by atoms with van der Waals surface area (Å²) in [6.07, 6.45) is 6.85. The van der Waals surface area contributed by atoms with E-state index in [0.717, 1.165) is 43.0 Å². The van der Waals surface area contributed by atoms with Crippen molar-refractivity contribution in [3.05, 3.63) is 48.2 Å². The third-order valence-electron chi connectivity index (χ3n) is 5.19. The number of hydrogen-bond acceptors (Lipinski definition) is 7. The number of benzene rings is 1. The van der Waals surface area contributed by atoms with Crippen molar-refractivity contribution in [3.8, 4) is 11.7 Å². The van der Waals surface area contributed by atoms with Crippen molar-refractivity contribution in [2.24, 2.45) is 0 Å². The molecule has 1 fully saturated rings. The highest BCUT2D eigenvalue weighted by molar-refractivity contribution is 8.00. The van der Waals surface area contributed by atoms with E-state index < -0.39 is 9.84 Å². The number of aryl methyl sites for hydroxylation is 1. The first kappa shape index (κ1) is 21.7. The minimum atomic E-state index is -3.93. The van der Waals surface area contributed by atoms with Gasteiger partial charge in [0.2, 0.25) is 25.9 Å². The lowest BCUT2D eigenvalue weighted by atomic mass is 9.95. The number of hydrogen-bond donors (Lipinski definition) is 1. The molecule has 1 N–H and O–H groups in total. The molecule has 7 nitrogen and oxygen atoms in total. The first-order valence-corrected chi connectivity index (χ1v) is 12.7. The van der Waals surface area contributed by atoms with Crippen molar-refractivity contribution < 1.29 is 22.0 Å². The maximum absolute atomic E-state index is 13.2. The number of sulfone groups is 1. The Morgan fingerprint density at radius 1 is 1.16 bits per heavy atom. The van der Waals surface area contributed by atoms with Crippen LogP contribution in [-0.2, 0) is 14.6 Å². The van der Waals surface area contributed by atoms with E-state index in [1.807, 2.05) is 6.92 Å². The van der Waals surface area contributed by atoms with Crippen LogP contribution in [0.2, 0.25) is 0 Å². The first-order valence-electron chi connectivity index (χ1n) is 10.2. The normalized spacial score (nSPS) is 15.1. The SMILES string of the molecule is Cc1ccc(S(=O)(=O)c2nc(-c3ccco3)oc2SCC(=O)NC2CCCCC2)cc1. The molecule has 0 spiro atoms. The fourth-order valence-electron chi connectivity index (χ4n) is 3.54. The number of thioether (sulfide) groups is 1. The fourth-order valence-corrected chi connectivity index (χ4v) is 5.88. The molecular weight excluding hydrogens is 436 g/mol. The second-order valence-electron chi connectivity index (χ2n) is 7.60. The van der Waals surface area contributed by atoms with Crippen LogP contribution in [-0.4, -0.2) is 31.1 Å². The molecule has 2 heterocycles. The molecule has 1 saturated carbocycles. The first-order chi connectivity index (χ1) is 14.9. The molecule has 1 aliphatic carbocycles. The second kappa shape index (κ2) is 9.32. The maximum Gasteiger partial charge on any atom is 0.265 e. The van der Waals surface area contributed by atoms with Crippen molar-refractivity contribution in [2.45, 2.75) is 60.1 Å². The van der Waals surface area contributed by atoms with Gasteiger partial charge in [-0.2, -0.15) is 4.98 Å². The van der Waals surface area contributed by atoms with Gasteiger partial charge in [0.05, 0.1) is 16.9 Å². The maximum atomic E-state index is 13.2. The van der Waals surface area contributed by atoms with Gasteiger partial charge in [-0.05, 0) is 44.0 Å². The predicted molar refractivity (Wildman–Crippen MR) is 117 cm³/mol. The monoisotopic (exact) mass is 460 g/mol. The third kappa shape index (κ3) is 5.04. The second-order valence-corrected chi connectivity index (χ2v) is 10.4. The summed E-state index contributed by atoms with van der Waals surface area (Å²) >= 11 is 1.02. The van der Waals surface area contributed by atoms with E-state index in [4.69, 9.17) is 8.83 Å². The van der Waals surface area contributed by atoms with E-state index in [0.29, 0.717) is 5.76 Å². The summed E-state index contributed by atoms with van der Waals surface area (Å²) in [6.45, 7) is 1.88. The smallest absolute Gasteiger partial charge is 0.265 e. The highest BCUT2D eigenvalue weighted by Crippen LogP contribution is 2.35. The molecule has 0 atom stereocenters. The van der Waals surface area contributed by atoms with Gasteiger partial charge < -0.3 is 14.2 Å². The Balaban J connectivity index is 1.58. The molecule has 164 valence electrons. The van der Waals surface area contributed by atoms with Crippen molar-refractivity contribution in [3.63, 3.8) is 0 Å². The number of rotatable bonds is 7. The number of carbonyl (C=O) groups excluding carboxylic acids is 1. The van der Waals surface area contributed by atoms with Crippen LogP contribution in [0.15, 0.2) is 66.5 Å². The molecule has 0 radical (unpaired) electrons. The summed E-state index contributed by atoms with van der Waals surface area (Å²) in [5, 5.41) is 2.89. The number of oxazole rings is 1. The van der Waals surface area contributed by atoms with E-state index in [1.165, 1.54) is 24.8 Å². The minimum Gasteiger partial charge on any atom is -0.459 e. The van der Waals surface area contributed by atoms with Gasteiger partial charge in [0.1, 0.15) is 0 Å². The number of aromatic nitrogens is 1. The van der Waals surface area contributed by atoms with Gasteiger partial charge in [0.25, 0.3) is 5.89 Å². The van der Waals surface area contributed by atoms with Crippen LogP contribution in [0.25, 0.3) is 11.7 Å². The molecule has 0 aliphatic heterocycles. The van der Waals surface area contributed by atoms with Crippen molar-refractivity contribution in [1.29, 1.82) is 0 Å². The number of furan rings is 1. The summed E-state index contributed by atoms with van der Waals surface area (Å²) in [4.78, 5) is 16.8. The molecule has 1 aliphatic rings. The van der Waals surface area contributed by atoms with Gasteiger partial charge in [-0.25, -0.2) is 8.42 Å². The summed E-state index contributed by atoms with van der Waals surface area (Å²) in [5.74, 6) is 0.274. The lowest BCUT2D eigenvalue weighted by Crippen LogP contribution is -2.37. The zero-order valence-electron chi connectivity index (χ0n) is 17.2. The molecule has 0 unspecified atom stereocenters. The Morgan fingerprint density at radius 2 is 1.90 bits per heavy atom. The Kier molecular flexibility index (Phi) is 6.52. The molecule has 3 aromatic rings. The summed E-state index contributed by atoms with van der Waals surface area (Å²) < 4.78 is 37.5. The number of carbonyl (C=O) groups is 1. The summed E-state index contributed by atoms with van der Waals surface area (Å²) in [6, 6.07) is 10.0. The van der Waals surface area contributed by atoms with Crippen LogP contribution >= 0.6 is 11.8 Å². The summed E-state index contributed by atoms with van der Waals surface area (Å²) in [7, 11) is -3.93. The van der Waals surface area contributed by atoms with Crippen LogP contribution in [0.3, 0.4) is 0 Å². The number of nitrogens with zero attached hydrogens (tertiary/aromatic N) is 1.